The second-order valence-corrected chi connectivity index (χ2v) is 10.7. The second-order valence-electron chi connectivity index (χ2n) is 8.73. The van der Waals surface area contributed by atoms with Crippen LogP contribution in [0.5, 0.6) is 5.75 Å². The summed E-state index contributed by atoms with van der Waals surface area (Å²) in [6, 6.07) is 16.1. The Hall–Kier alpha value is -3.27. The van der Waals surface area contributed by atoms with E-state index in [-0.39, 0.29) is 10.8 Å². The number of rotatable bonds is 8. The molecule has 0 bridgehead atoms. The first-order valence-electron chi connectivity index (χ1n) is 11.8. The molecule has 0 atom stereocenters. The maximum absolute atomic E-state index is 13.5. The highest BCUT2D eigenvalue weighted by molar-refractivity contribution is 7.90. The number of carbonyl (C=O) groups excluding carboxylic acids is 1. The maximum atomic E-state index is 13.5. The average Bonchev–Trinajstić information content (AvgIpc) is 2.88. The van der Waals surface area contributed by atoms with Crippen molar-refractivity contribution in [2.75, 3.05) is 52.8 Å². The fraction of sp³-hybridized carbons (Fsp3) is 0.333. The summed E-state index contributed by atoms with van der Waals surface area (Å²) in [6.07, 6.45) is 1.16. The molecule has 1 aromatic heterocycles. The van der Waals surface area contributed by atoms with E-state index in [4.69, 9.17) is 14.5 Å². The predicted molar refractivity (Wildman–Crippen MR) is 139 cm³/mol. The number of amides is 1. The van der Waals surface area contributed by atoms with Crippen LogP contribution in [0.3, 0.4) is 0 Å². The van der Waals surface area contributed by atoms with E-state index in [0.29, 0.717) is 60.1 Å². The van der Waals surface area contributed by atoms with E-state index in [1.54, 1.807) is 19.1 Å². The van der Waals surface area contributed by atoms with Crippen molar-refractivity contribution in [3.8, 4) is 28.1 Å². The van der Waals surface area contributed by atoms with Crippen molar-refractivity contribution in [3.63, 3.8) is 0 Å². The first kappa shape index (κ1) is 25.8. The summed E-state index contributed by atoms with van der Waals surface area (Å²) < 4.78 is 35.6. The van der Waals surface area contributed by atoms with Crippen molar-refractivity contribution in [3.05, 3.63) is 65.9 Å². The molecule has 0 saturated carbocycles. The summed E-state index contributed by atoms with van der Waals surface area (Å²) in [4.78, 5) is 20.6. The fourth-order valence-corrected chi connectivity index (χ4v) is 4.94. The third kappa shape index (κ3) is 5.92. The van der Waals surface area contributed by atoms with Crippen molar-refractivity contribution in [1.82, 2.24) is 15.2 Å². The number of benzene rings is 2. The van der Waals surface area contributed by atoms with E-state index >= 15 is 0 Å². The SMILES string of the molecule is COc1ccc(S(C)(=O)=O)cc1-c1cc(-c2ccccc2)nc(C)c1C(=O)NCCN1CCOCC1. The molecule has 1 N–H and O–H groups in total. The molecule has 4 rings (SSSR count). The van der Waals surface area contributed by atoms with E-state index < -0.39 is 9.84 Å². The number of carbonyl (C=O) groups is 1. The van der Waals surface area contributed by atoms with Crippen LogP contribution in [-0.4, -0.2) is 77.0 Å². The number of nitrogens with zero attached hydrogens (tertiary/aromatic N) is 2. The Morgan fingerprint density at radius 3 is 2.47 bits per heavy atom. The van der Waals surface area contributed by atoms with Gasteiger partial charge in [0.1, 0.15) is 5.75 Å². The van der Waals surface area contributed by atoms with E-state index in [1.807, 2.05) is 36.4 Å². The summed E-state index contributed by atoms with van der Waals surface area (Å²) in [6.45, 7) is 6.03. The molecule has 2 aromatic carbocycles. The van der Waals surface area contributed by atoms with Gasteiger partial charge in [0.25, 0.3) is 5.91 Å². The Kier molecular flexibility index (Phi) is 8.03. The lowest BCUT2D eigenvalue weighted by Gasteiger charge is -2.26. The highest BCUT2D eigenvalue weighted by atomic mass is 32.2. The molecular weight excluding hydrogens is 478 g/mol. The van der Waals surface area contributed by atoms with Crippen LogP contribution < -0.4 is 10.1 Å². The van der Waals surface area contributed by atoms with Crippen LogP contribution in [0.4, 0.5) is 0 Å². The number of pyridine rings is 1. The van der Waals surface area contributed by atoms with Gasteiger partial charge in [0.15, 0.2) is 9.84 Å². The Balaban J connectivity index is 1.78. The van der Waals surface area contributed by atoms with Gasteiger partial charge in [-0.05, 0) is 31.2 Å². The lowest BCUT2D eigenvalue weighted by atomic mass is 9.95. The van der Waals surface area contributed by atoms with Crippen LogP contribution in [0, 0.1) is 6.92 Å². The molecule has 190 valence electrons. The second kappa shape index (κ2) is 11.2. The van der Waals surface area contributed by atoms with Crippen LogP contribution in [0.1, 0.15) is 16.1 Å². The maximum Gasteiger partial charge on any atom is 0.253 e. The third-order valence-electron chi connectivity index (χ3n) is 6.20. The normalized spacial score (nSPS) is 14.4. The van der Waals surface area contributed by atoms with E-state index in [9.17, 15) is 13.2 Å². The summed E-state index contributed by atoms with van der Waals surface area (Å²) in [5.74, 6) is 0.198. The number of nitrogens with one attached hydrogen (secondary N) is 1. The summed E-state index contributed by atoms with van der Waals surface area (Å²) in [5, 5.41) is 3.02. The Morgan fingerprint density at radius 2 is 1.81 bits per heavy atom. The van der Waals surface area contributed by atoms with Crippen LogP contribution in [-0.2, 0) is 14.6 Å². The summed E-state index contributed by atoms with van der Waals surface area (Å²) in [5.41, 5.74) is 3.58. The van der Waals surface area contributed by atoms with E-state index in [2.05, 4.69) is 10.2 Å². The minimum absolute atomic E-state index is 0.146. The Morgan fingerprint density at radius 1 is 1.08 bits per heavy atom. The van der Waals surface area contributed by atoms with Gasteiger partial charge in [-0.15, -0.1) is 0 Å². The predicted octanol–water partition coefficient (Wildman–Crippen LogP) is 3.20. The molecule has 9 heteroatoms. The average molecular weight is 510 g/mol. The smallest absolute Gasteiger partial charge is 0.253 e. The molecule has 1 saturated heterocycles. The largest absolute Gasteiger partial charge is 0.496 e. The summed E-state index contributed by atoms with van der Waals surface area (Å²) in [7, 11) is -1.96. The molecule has 8 nitrogen and oxygen atoms in total. The van der Waals surface area contributed by atoms with Crippen molar-refractivity contribution < 1.29 is 22.7 Å². The van der Waals surface area contributed by atoms with E-state index in [1.165, 1.54) is 13.2 Å². The van der Waals surface area contributed by atoms with Gasteiger partial charge in [-0.1, -0.05) is 30.3 Å². The van der Waals surface area contributed by atoms with Gasteiger partial charge >= 0.3 is 0 Å². The number of aryl methyl sites for hydroxylation is 1. The van der Waals surface area contributed by atoms with Crippen molar-refractivity contribution in [2.45, 2.75) is 11.8 Å². The topological polar surface area (TPSA) is 97.8 Å². The Bertz CT molecular complexity index is 1340. The monoisotopic (exact) mass is 509 g/mol. The van der Waals surface area contributed by atoms with Crippen LogP contribution >= 0.6 is 0 Å². The zero-order chi connectivity index (χ0) is 25.7. The lowest BCUT2D eigenvalue weighted by molar-refractivity contribution is 0.0383. The molecule has 36 heavy (non-hydrogen) atoms. The molecule has 1 aliphatic heterocycles. The first-order chi connectivity index (χ1) is 17.3. The third-order valence-corrected chi connectivity index (χ3v) is 7.31. The number of ether oxygens (including phenoxy) is 2. The molecule has 0 radical (unpaired) electrons. The van der Waals surface area contributed by atoms with Crippen molar-refractivity contribution >= 4 is 15.7 Å². The molecule has 1 aliphatic rings. The van der Waals surface area contributed by atoms with Gasteiger partial charge in [-0.25, -0.2) is 8.42 Å². The molecule has 0 aliphatic carbocycles. The zero-order valence-corrected chi connectivity index (χ0v) is 21.6. The highest BCUT2D eigenvalue weighted by Crippen LogP contribution is 2.37. The summed E-state index contributed by atoms with van der Waals surface area (Å²) >= 11 is 0. The van der Waals surface area contributed by atoms with Gasteiger partial charge in [-0.3, -0.25) is 14.7 Å². The number of aromatic nitrogens is 1. The van der Waals surface area contributed by atoms with Crippen molar-refractivity contribution in [2.24, 2.45) is 0 Å². The molecule has 2 heterocycles. The minimum Gasteiger partial charge on any atom is -0.496 e. The molecular formula is C27H31N3O5S. The van der Waals surface area contributed by atoms with Gasteiger partial charge in [-0.2, -0.15) is 0 Å². The molecule has 1 fully saturated rings. The number of hydrogen-bond acceptors (Lipinski definition) is 7. The minimum atomic E-state index is -3.48. The molecule has 0 unspecified atom stereocenters. The quantitative estimate of drug-likeness (QED) is 0.498. The van der Waals surface area contributed by atoms with Gasteiger partial charge in [0, 0.05) is 49.1 Å². The number of methoxy groups -OCH3 is 1. The standard InChI is InChI=1S/C27H31N3O5S/c1-19-26(27(31)28-11-12-30-13-15-35-16-14-30)23(18-24(29-19)20-7-5-4-6-8-20)22-17-21(36(3,32)33)9-10-25(22)34-2/h4-10,17-18H,11-16H2,1-3H3,(H,28,31). The van der Waals surface area contributed by atoms with Gasteiger partial charge < -0.3 is 14.8 Å². The van der Waals surface area contributed by atoms with Gasteiger partial charge in [0.2, 0.25) is 0 Å². The lowest BCUT2D eigenvalue weighted by Crippen LogP contribution is -2.41. The van der Waals surface area contributed by atoms with Gasteiger partial charge in [0.05, 0.1) is 42.2 Å². The van der Waals surface area contributed by atoms with E-state index in [0.717, 1.165) is 24.9 Å². The van der Waals surface area contributed by atoms with Crippen LogP contribution in [0.15, 0.2) is 59.5 Å². The van der Waals surface area contributed by atoms with Crippen molar-refractivity contribution in [1.29, 1.82) is 0 Å². The highest BCUT2D eigenvalue weighted by Gasteiger charge is 2.23. The number of hydrogen-bond donors (Lipinski definition) is 1. The molecule has 1 amide bonds. The molecule has 0 spiro atoms. The molecule has 3 aromatic rings. The first-order valence-corrected chi connectivity index (χ1v) is 13.7. The number of sulfone groups is 1. The zero-order valence-electron chi connectivity index (χ0n) is 20.8. The Labute approximate surface area is 212 Å². The van der Waals surface area contributed by atoms with Crippen LogP contribution in [0.2, 0.25) is 0 Å². The number of morpholine rings is 1. The van der Waals surface area contributed by atoms with Crippen LogP contribution in [0.25, 0.3) is 22.4 Å². The fourth-order valence-electron chi connectivity index (χ4n) is 4.30.